The van der Waals surface area contributed by atoms with Crippen molar-refractivity contribution in [3.8, 4) is 0 Å². The molecule has 0 aliphatic heterocycles. The van der Waals surface area contributed by atoms with E-state index >= 15 is 0 Å². The molecule has 19 heavy (non-hydrogen) atoms. The zero-order valence-electron chi connectivity index (χ0n) is 10.3. The molecule has 0 fully saturated rings. The topological polar surface area (TPSA) is 68.5 Å². The Labute approximate surface area is 114 Å². The number of thiophene rings is 1. The van der Waals surface area contributed by atoms with E-state index in [-0.39, 0.29) is 18.3 Å². The van der Waals surface area contributed by atoms with Crippen LogP contribution < -0.4 is 5.32 Å². The number of nitrogens with one attached hydrogen (secondary N) is 1. The molecule has 1 N–H and O–H groups in total. The standard InChI is InChI=1S/C13H13NO4S/c1-17-8-12(15)14-7-9-4-5-11(19-9)13(16)10-3-2-6-18-10/h2-6H,7-8H2,1H3,(H,14,15). The molecule has 100 valence electrons. The van der Waals surface area contributed by atoms with E-state index in [1.807, 2.05) is 6.07 Å². The van der Waals surface area contributed by atoms with Crippen LogP contribution >= 0.6 is 11.3 Å². The number of furan rings is 1. The zero-order chi connectivity index (χ0) is 13.7. The van der Waals surface area contributed by atoms with Gasteiger partial charge in [-0.1, -0.05) is 0 Å². The van der Waals surface area contributed by atoms with Crippen LogP contribution in [-0.2, 0) is 16.1 Å². The van der Waals surface area contributed by atoms with Crippen LogP contribution in [0, 0.1) is 0 Å². The molecule has 2 aromatic heterocycles. The zero-order valence-corrected chi connectivity index (χ0v) is 11.2. The van der Waals surface area contributed by atoms with Crippen LogP contribution in [0.4, 0.5) is 0 Å². The summed E-state index contributed by atoms with van der Waals surface area (Å²) in [6, 6.07) is 6.84. The van der Waals surface area contributed by atoms with Gasteiger partial charge in [0.15, 0.2) is 5.76 Å². The maximum Gasteiger partial charge on any atom is 0.246 e. The molecule has 0 unspecified atom stereocenters. The number of ketones is 1. The molecule has 5 nitrogen and oxygen atoms in total. The van der Waals surface area contributed by atoms with E-state index in [0.717, 1.165) is 4.88 Å². The molecule has 0 aliphatic carbocycles. The van der Waals surface area contributed by atoms with Crippen LogP contribution in [0.3, 0.4) is 0 Å². The van der Waals surface area contributed by atoms with Crippen molar-refractivity contribution < 1.29 is 18.7 Å². The molecule has 0 atom stereocenters. The number of methoxy groups -OCH3 is 1. The predicted octanol–water partition coefficient (Wildman–Crippen LogP) is 1.83. The minimum atomic E-state index is -0.185. The van der Waals surface area contributed by atoms with Crippen LogP contribution in [0.25, 0.3) is 0 Å². The van der Waals surface area contributed by atoms with E-state index < -0.39 is 0 Å². The summed E-state index contributed by atoms with van der Waals surface area (Å²) in [6.07, 6.45) is 1.47. The quantitative estimate of drug-likeness (QED) is 0.819. The molecule has 2 heterocycles. The van der Waals surface area contributed by atoms with E-state index in [2.05, 4.69) is 5.32 Å². The summed E-state index contributed by atoms with van der Waals surface area (Å²) in [6.45, 7) is 0.419. The number of amides is 1. The first-order valence-corrected chi connectivity index (χ1v) is 6.45. The summed E-state index contributed by atoms with van der Waals surface area (Å²) in [5, 5.41) is 2.70. The van der Waals surface area contributed by atoms with Crippen LogP contribution in [0.15, 0.2) is 34.9 Å². The third-order valence-corrected chi connectivity index (χ3v) is 3.45. The normalized spacial score (nSPS) is 10.4. The maximum absolute atomic E-state index is 12.0. The highest BCUT2D eigenvalue weighted by atomic mass is 32.1. The van der Waals surface area contributed by atoms with Crippen molar-refractivity contribution in [1.29, 1.82) is 0 Å². The average Bonchev–Trinajstić information content (AvgIpc) is 3.07. The van der Waals surface area contributed by atoms with Gasteiger partial charge in [-0.25, -0.2) is 0 Å². The van der Waals surface area contributed by atoms with Crippen molar-refractivity contribution >= 4 is 23.0 Å². The summed E-state index contributed by atoms with van der Waals surface area (Å²) in [5.41, 5.74) is 0. The molecular formula is C13H13NO4S. The van der Waals surface area contributed by atoms with Gasteiger partial charge >= 0.3 is 0 Å². The number of hydrogen-bond acceptors (Lipinski definition) is 5. The van der Waals surface area contributed by atoms with Gasteiger partial charge in [0.1, 0.15) is 6.61 Å². The minimum absolute atomic E-state index is 0.0313. The lowest BCUT2D eigenvalue weighted by Crippen LogP contribution is -2.26. The lowest BCUT2D eigenvalue weighted by atomic mass is 10.2. The number of rotatable bonds is 6. The molecule has 6 heteroatoms. The van der Waals surface area contributed by atoms with Gasteiger partial charge in [-0.2, -0.15) is 0 Å². The lowest BCUT2D eigenvalue weighted by Gasteiger charge is -2.01. The van der Waals surface area contributed by atoms with E-state index in [1.54, 1.807) is 18.2 Å². The molecule has 1 amide bonds. The summed E-state index contributed by atoms with van der Waals surface area (Å²) >= 11 is 1.33. The second-order valence-corrected chi connectivity index (χ2v) is 4.95. The lowest BCUT2D eigenvalue weighted by molar-refractivity contribution is -0.124. The van der Waals surface area contributed by atoms with Crippen LogP contribution in [0.1, 0.15) is 20.3 Å². The molecule has 2 aromatic rings. The highest BCUT2D eigenvalue weighted by molar-refractivity contribution is 7.14. The van der Waals surface area contributed by atoms with Crippen molar-refractivity contribution in [2.24, 2.45) is 0 Å². The number of hydrogen-bond donors (Lipinski definition) is 1. The minimum Gasteiger partial charge on any atom is -0.461 e. The fourth-order valence-corrected chi connectivity index (χ4v) is 2.38. The Kier molecular flexibility index (Phi) is 4.48. The second-order valence-electron chi connectivity index (χ2n) is 3.78. The Morgan fingerprint density at radius 2 is 2.21 bits per heavy atom. The molecular weight excluding hydrogens is 266 g/mol. The highest BCUT2D eigenvalue weighted by Crippen LogP contribution is 2.20. The fraction of sp³-hybridized carbons (Fsp3) is 0.231. The molecule has 0 saturated heterocycles. The Hall–Kier alpha value is -1.92. The fourth-order valence-electron chi connectivity index (χ4n) is 1.49. The van der Waals surface area contributed by atoms with Gasteiger partial charge in [0.05, 0.1) is 17.7 Å². The van der Waals surface area contributed by atoms with Gasteiger partial charge in [-0.05, 0) is 24.3 Å². The Morgan fingerprint density at radius 3 is 2.89 bits per heavy atom. The van der Waals surface area contributed by atoms with Gasteiger partial charge < -0.3 is 14.5 Å². The van der Waals surface area contributed by atoms with E-state index in [0.29, 0.717) is 17.2 Å². The van der Waals surface area contributed by atoms with Crippen LogP contribution in [0.5, 0.6) is 0 Å². The van der Waals surface area contributed by atoms with Crippen molar-refractivity contribution in [1.82, 2.24) is 5.32 Å². The number of carbonyl (C=O) groups is 2. The summed E-state index contributed by atoms with van der Waals surface area (Å²) < 4.78 is 9.77. The monoisotopic (exact) mass is 279 g/mol. The smallest absolute Gasteiger partial charge is 0.246 e. The van der Waals surface area contributed by atoms with Crippen LogP contribution in [0.2, 0.25) is 0 Å². The highest BCUT2D eigenvalue weighted by Gasteiger charge is 2.14. The number of carbonyl (C=O) groups excluding carboxylic acids is 2. The van der Waals surface area contributed by atoms with E-state index in [9.17, 15) is 9.59 Å². The van der Waals surface area contributed by atoms with Gasteiger partial charge in [-0.15, -0.1) is 11.3 Å². The van der Waals surface area contributed by atoms with Gasteiger partial charge in [0.2, 0.25) is 11.7 Å². The third-order valence-electron chi connectivity index (χ3n) is 2.37. The van der Waals surface area contributed by atoms with Crippen molar-refractivity contribution in [2.45, 2.75) is 6.54 Å². The molecule has 0 radical (unpaired) electrons. The molecule has 0 bridgehead atoms. The summed E-state index contributed by atoms with van der Waals surface area (Å²) in [7, 11) is 1.46. The van der Waals surface area contributed by atoms with Crippen molar-refractivity contribution in [2.75, 3.05) is 13.7 Å². The van der Waals surface area contributed by atoms with E-state index in [1.165, 1.54) is 24.7 Å². The first-order valence-electron chi connectivity index (χ1n) is 5.63. The SMILES string of the molecule is COCC(=O)NCc1ccc(C(=O)c2ccco2)s1. The molecule has 0 aromatic carbocycles. The van der Waals surface area contributed by atoms with E-state index in [4.69, 9.17) is 9.15 Å². The second kappa shape index (κ2) is 6.31. The van der Waals surface area contributed by atoms with Crippen molar-refractivity contribution in [3.05, 3.63) is 46.0 Å². The van der Waals surface area contributed by atoms with Gasteiger partial charge in [-0.3, -0.25) is 9.59 Å². The summed E-state index contributed by atoms with van der Waals surface area (Å²) in [4.78, 5) is 24.7. The first-order chi connectivity index (χ1) is 9.20. The van der Waals surface area contributed by atoms with Gasteiger partial charge in [0, 0.05) is 12.0 Å². The number of ether oxygens (including phenoxy) is 1. The van der Waals surface area contributed by atoms with Crippen LogP contribution in [-0.4, -0.2) is 25.4 Å². The molecule has 0 aliphatic rings. The first kappa shape index (κ1) is 13.5. The molecule has 0 saturated carbocycles. The Morgan fingerprint density at radius 1 is 1.37 bits per heavy atom. The molecule has 2 rings (SSSR count). The van der Waals surface area contributed by atoms with Gasteiger partial charge in [0.25, 0.3) is 0 Å². The Balaban J connectivity index is 1.96. The van der Waals surface area contributed by atoms with Crippen molar-refractivity contribution in [3.63, 3.8) is 0 Å². The third kappa shape index (κ3) is 3.52. The maximum atomic E-state index is 12.0. The largest absolute Gasteiger partial charge is 0.461 e. The average molecular weight is 279 g/mol. The summed E-state index contributed by atoms with van der Waals surface area (Å²) in [5.74, 6) is -0.0175. The molecule has 0 spiro atoms. The Bertz CT molecular complexity index is 559. The predicted molar refractivity (Wildman–Crippen MR) is 70.2 cm³/mol.